The Bertz CT molecular complexity index is 460. The van der Waals surface area contributed by atoms with Crippen molar-refractivity contribution in [2.75, 3.05) is 13.1 Å². The molecule has 0 spiro atoms. The van der Waals surface area contributed by atoms with Crippen LogP contribution in [0.3, 0.4) is 0 Å². The van der Waals surface area contributed by atoms with Gasteiger partial charge in [0.2, 0.25) is 0 Å². The highest BCUT2D eigenvalue weighted by atomic mass is 16.5. The molecule has 2 fully saturated rings. The van der Waals surface area contributed by atoms with Crippen LogP contribution >= 0.6 is 0 Å². The number of nitrogens with zero attached hydrogens (tertiary/aromatic N) is 2. The van der Waals surface area contributed by atoms with Gasteiger partial charge in [-0.1, -0.05) is 5.16 Å². The summed E-state index contributed by atoms with van der Waals surface area (Å²) in [5.74, 6) is -0.458. The standard InChI is InChI=1S/C13H19N3O3/c17-13(18)12-7-11(19-15-12)8-14-9-3-5-16-4-1-2-10(16)6-9/h7,9-10,14H,1-6,8H2,(H,17,18). The van der Waals surface area contributed by atoms with E-state index in [9.17, 15) is 4.79 Å². The summed E-state index contributed by atoms with van der Waals surface area (Å²) < 4.78 is 5.00. The Morgan fingerprint density at radius 1 is 1.53 bits per heavy atom. The van der Waals surface area contributed by atoms with E-state index in [1.165, 1.54) is 38.4 Å². The fraction of sp³-hybridized carbons (Fsp3) is 0.692. The zero-order valence-electron chi connectivity index (χ0n) is 10.8. The zero-order valence-corrected chi connectivity index (χ0v) is 10.8. The predicted octanol–water partition coefficient (Wildman–Crippen LogP) is 1.09. The number of aromatic nitrogens is 1. The molecule has 6 heteroatoms. The van der Waals surface area contributed by atoms with E-state index >= 15 is 0 Å². The van der Waals surface area contributed by atoms with Crippen molar-refractivity contribution in [3.8, 4) is 0 Å². The number of hydrogen-bond acceptors (Lipinski definition) is 5. The Balaban J connectivity index is 1.50. The third-order valence-corrected chi connectivity index (χ3v) is 4.16. The highest BCUT2D eigenvalue weighted by Gasteiger charge is 2.31. The van der Waals surface area contributed by atoms with Gasteiger partial charge in [-0.05, 0) is 38.8 Å². The average Bonchev–Trinajstić information content (AvgIpc) is 3.04. The summed E-state index contributed by atoms with van der Waals surface area (Å²) in [4.78, 5) is 13.3. The Labute approximate surface area is 111 Å². The van der Waals surface area contributed by atoms with Gasteiger partial charge in [0.25, 0.3) is 0 Å². The lowest BCUT2D eigenvalue weighted by atomic mass is 9.97. The van der Waals surface area contributed by atoms with E-state index in [4.69, 9.17) is 9.63 Å². The molecule has 19 heavy (non-hydrogen) atoms. The van der Waals surface area contributed by atoms with E-state index in [1.54, 1.807) is 0 Å². The summed E-state index contributed by atoms with van der Waals surface area (Å²) in [5, 5.41) is 15.7. The van der Waals surface area contributed by atoms with Crippen LogP contribution in [0.1, 0.15) is 41.9 Å². The molecule has 2 N–H and O–H groups in total. The van der Waals surface area contributed by atoms with E-state index in [-0.39, 0.29) is 5.69 Å². The van der Waals surface area contributed by atoms with Gasteiger partial charge in [0, 0.05) is 18.2 Å². The molecule has 3 heterocycles. The quantitative estimate of drug-likeness (QED) is 0.848. The molecule has 2 saturated heterocycles. The summed E-state index contributed by atoms with van der Waals surface area (Å²) in [6, 6.07) is 2.72. The van der Waals surface area contributed by atoms with Gasteiger partial charge in [0.15, 0.2) is 11.5 Å². The maximum atomic E-state index is 10.7. The average molecular weight is 265 g/mol. The van der Waals surface area contributed by atoms with Gasteiger partial charge in [-0.15, -0.1) is 0 Å². The Hall–Kier alpha value is -1.40. The van der Waals surface area contributed by atoms with Crippen molar-refractivity contribution < 1.29 is 14.4 Å². The molecule has 2 aliphatic heterocycles. The Kier molecular flexibility index (Phi) is 3.52. The van der Waals surface area contributed by atoms with Crippen LogP contribution in [0.5, 0.6) is 0 Å². The molecule has 0 saturated carbocycles. The van der Waals surface area contributed by atoms with Crippen LogP contribution in [-0.4, -0.2) is 46.3 Å². The van der Waals surface area contributed by atoms with Crippen LogP contribution < -0.4 is 5.32 Å². The summed E-state index contributed by atoms with van der Waals surface area (Å²) in [6.45, 7) is 2.97. The third-order valence-electron chi connectivity index (χ3n) is 4.16. The summed E-state index contributed by atoms with van der Waals surface area (Å²) in [5.41, 5.74) is -0.0255. The van der Waals surface area contributed by atoms with E-state index in [1.807, 2.05) is 0 Å². The Morgan fingerprint density at radius 3 is 3.21 bits per heavy atom. The van der Waals surface area contributed by atoms with E-state index in [2.05, 4.69) is 15.4 Å². The lowest BCUT2D eigenvalue weighted by Crippen LogP contribution is -2.45. The first kappa shape index (κ1) is 12.6. The smallest absolute Gasteiger partial charge is 0.358 e. The van der Waals surface area contributed by atoms with Crippen LogP contribution in [0.25, 0.3) is 0 Å². The van der Waals surface area contributed by atoms with Gasteiger partial charge in [0.05, 0.1) is 6.54 Å². The third kappa shape index (κ3) is 2.79. The van der Waals surface area contributed by atoms with Crippen molar-refractivity contribution in [1.29, 1.82) is 0 Å². The SMILES string of the molecule is O=C(O)c1cc(CNC2CCN3CCCC3C2)on1. The molecule has 0 aliphatic carbocycles. The van der Waals surface area contributed by atoms with Crippen LogP contribution in [0.4, 0.5) is 0 Å². The second-order valence-electron chi connectivity index (χ2n) is 5.42. The molecule has 104 valence electrons. The maximum Gasteiger partial charge on any atom is 0.358 e. The summed E-state index contributed by atoms with van der Waals surface area (Å²) in [6.07, 6.45) is 4.96. The number of piperidine rings is 1. The normalized spacial score (nSPS) is 27.4. The molecule has 0 amide bonds. The van der Waals surface area contributed by atoms with Gasteiger partial charge in [0.1, 0.15) is 0 Å². The second kappa shape index (κ2) is 5.30. The molecule has 0 radical (unpaired) electrons. The number of aromatic carboxylic acids is 1. The molecule has 2 unspecified atom stereocenters. The Morgan fingerprint density at radius 2 is 2.42 bits per heavy atom. The number of nitrogens with one attached hydrogen (secondary N) is 1. The van der Waals surface area contributed by atoms with Crippen LogP contribution in [-0.2, 0) is 6.54 Å². The van der Waals surface area contributed by atoms with Crippen molar-refractivity contribution in [1.82, 2.24) is 15.4 Å². The minimum absolute atomic E-state index is 0.0255. The molecule has 1 aromatic heterocycles. The molecule has 1 aromatic rings. The first-order chi connectivity index (χ1) is 9.22. The minimum Gasteiger partial charge on any atom is -0.476 e. The fourth-order valence-electron chi connectivity index (χ4n) is 3.15. The molecule has 2 atom stereocenters. The molecule has 0 bridgehead atoms. The van der Waals surface area contributed by atoms with Crippen LogP contribution in [0.15, 0.2) is 10.6 Å². The summed E-state index contributed by atoms with van der Waals surface area (Å²) >= 11 is 0. The number of carboxylic acids is 1. The van der Waals surface area contributed by atoms with Crippen LogP contribution in [0.2, 0.25) is 0 Å². The number of rotatable bonds is 4. The molecule has 2 aliphatic rings. The molecular formula is C13H19N3O3. The summed E-state index contributed by atoms with van der Waals surface area (Å²) in [7, 11) is 0. The number of hydrogen-bond donors (Lipinski definition) is 2. The maximum absolute atomic E-state index is 10.7. The lowest BCUT2D eigenvalue weighted by Gasteiger charge is -2.35. The molecule has 3 rings (SSSR count). The number of carbonyl (C=O) groups is 1. The first-order valence-corrected chi connectivity index (χ1v) is 6.88. The number of carboxylic acid groups (broad SMARTS) is 1. The number of fused-ring (bicyclic) bond motifs is 1. The van der Waals surface area contributed by atoms with Crippen molar-refractivity contribution in [3.05, 3.63) is 17.5 Å². The first-order valence-electron chi connectivity index (χ1n) is 6.88. The fourth-order valence-corrected chi connectivity index (χ4v) is 3.15. The van der Waals surface area contributed by atoms with E-state index < -0.39 is 5.97 Å². The highest BCUT2D eigenvalue weighted by Crippen LogP contribution is 2.26. The highest BCUT2D eigenvalue weighted by molar-refractivity contribution is 5.85. The van der Waals surface area contributed by atoms with Crippen molar-refractivity contribution in [2.45, 2.75) is 44.3 Å². The predicted molar refractivity (Wildman–Crippen MR) is 67.9 cm³/mol. The topological polar surface area (TPSA) is 78.6 Å². The second-order valence-corrected chi connectivity index (χ2v) is 5.42. The van der Waals surface area contributed by atoms with E-state index in [0.29, 0.717) is 18.3 Å². The van der Waals surface area contributed by atoms with Crippen molar-refractivity contribution in [3.63, 3.8) is 0 Å². The van der Waals surface area contributed by atoms with Gasteiger partial charge in [-0.25, -0.2) is 4.79 Å². The molecular weight excluding hydrogens is 246 g/mol. The van der Waals surface area contributed by atoms with Gasteiger partial charge >= 0.3 is 5.97 Å². The largest absolute Gasteiger partial charge is 0.476 e. The monoisotopic (exact) mass is 265 g/mol. The molecule has 6 nitrogen and oxygen atoms in total. The van der Waals surface area contributed by atoms with Gasteiger partial charge < -0.3 is 19.8 Å². The van der Waals surface area contributed by atoms with Crippen LogP contribution in [0, 0.1) is 0 Å². The van der Waals surface area contributed by atoms with E-state index in [0.717, 1.165) is 12.5 Å². The van der Waals surface area contributed by atoms with Crippen molar-refractivity contribution >= 4 is 5.97 Å². The minimum atomic E-state index is -1.05. The zero-order chi connectivity index (χ0) is 13.2. The van der Waals surface area contributed by atoms with Gasteiger partial charge in [-0.2, -0.15) is 0 Å². The van der Waals surface area contributed by atoms with Crippen molar-refractivity contribution in [2.24, 2.45) is 0 Å². The van der Waals surface area contributed by atoms with Gasteiger partial charge in [-0.3, -0.25) is 0 Å². The lowest BCUT2D eigenvalue weighted by molar-refractivity contribution is 0.0685. The molecule has 0 aromatic carbocycles.